The van der Waals surface area contributed by atoms with Crippen LogP contribution in [0.2, 0.25) is 0 Å². The molecule has 1 rings (SSSR count). The maximum atomic E-state index is 11.5. The van der Waals surface area contributed by atoms with Crippen LogP contribution in [-0.4, -0.2) is 48.3 Å². The molecule has 1 saturated carbocycles. The average molecular weight is 473 g/mol. The summed E-state index contributed by atoms with van der Waals surface area (Å²) in [5, 5.41) is 9.20. The van der Waals surface area contributed by atoms with Gasteiger partial charge in [-0.3, -0.25) is 19.2 Å². The van der Waals surface area contributed by atoms with Gasteiger partial charge in [-0.05, 0) is 44.4 Å². The first-order valence-corrected chi connectivity index (χ1v) is 12.2. The van der Waals surface area contributed by atoms with Gasteiger partial charge >= 0.3 is 23.9 Å². The molecule has 33 heavy (non-hydrogen) atoms. The zero-order valence-electron chi connectivity index (χ0n) is 21.3. The van der Waals surface area contributed by atoms with Crippen molar-refractivity contribution in [1.82, 2.24) is 0 Å². The van der Waals surface area contributed by atoms with E-state index in [-0.39, 0.29) is 43.2 Å². The second kappa shape index (κ2) is 17.4. The molecule has 0 aromatic carbocycles. The topological polar surface area (TPSA) is 116 Å². The quantitative estimate of drug-likeness (QED) is 0.319. The van der Waals surface area contributed by atoms with Crippen LogP contribution in [0.1, 0.15) is 92.9 Å². The number of hydrogen-bond acceptors (Lipinski definition) is 7. The predicted octanol–water partition coefficient (Wildman–Crippen LogP) is 4.77. The highest BCUT2D eigenvalue weighted by Gasteiger charge is 2.31. The zero-order valence-corrected chi connectivity index (χ0v) is 21.3. The molecule has 0 amide bonds. The molecule has 8 heteroatoms. The molecule has 1 aliphatic rings. The maximum absolute atomic E-state index is 11.5. The summed E-state index contributed by atoms with van der Waals surface area (Å²) in [6.45, 7) is 12.2. The number of carboxylic acids is 1. The molecule has 192 valence electrons. The molecule has 0 radical (unpaired) electrons. The molecule has 0 bridgehead atoms. The fraction of sp³-hybridized carbons (Fsp3) is 0.840. The second-order valence-electron chi connectivity index (χ2n) is 9.74. The van der Waals surface area contributed by atoms with E-state index in [1.54, 1.807) is 13.8 Å². The smallest absolute Gasteiger partial charge is 0.307 e. The first kappa shape index (κ1) is 30.9. The van der Waals surface area contributed by atoms with E-state index in [1.807, 2.05) is 27.7 Å². The highest BCUT2D eigenvalue weighted by Crippen LogP contribution is 2.32. The molecule has 1 atom stereocenters. The van der Waals surface area contributed by atoms with Gasteiger partial charge in [0.15, 0.2) is 0 Å². The minimum absolute atomic E-state index is 0.0121. The maximum Gasteiger partial charge on any atom is 0.307 e. The van der Waals surface area contributed by atoms with Crippen LogP contribution in [0, 0.1) is 23.7 Å². The van der Waals surface area contributed by atoms with Crippen LogP contribution in [0.3, 0.4) is 0 Å². The van der Waals surface area contributed by atoms with Gasteiger partial charge in [-0.25, -0.2) is 0 Å². The van der Waals surface area contributed by atoms with E-state index >= 15 is 0 Å². The van der Waals surface area contributed by atoms with Gasteiger partial charge in [0.1, 0.15) is 0 Å². The van der Waals surface area contributed by atoms with Crippen molar-refractivity contribution >= 4 is 23.9 Å². The van der Waals surface area contributed by atoms with Crippen LogP contribution in [0.5, 0.6) is 0 Å². The van der Waals surface area contributed by atoms with E-state index in [1.165, 1.54) is 6.42 Å². The SMILES string of the molecule is CC(C)COC(=O)CCC(=O)OCC(C)C.CC(C)OC(=O)CC(C(=O)O)C1CCCCC1. The average Bonchev–Trinajstić information content (AvgIpc) is 2.73. The predicted molar refractivity (Wildman–Crippen MR) is 124 cm³/mol. The third-order valence-corrected chi connectivity index (χ3v) is 4.98. The van der Waals surface area contributed by atoms with Gasteiger partial charge < -0.3 is 19.3 Å². The summed E-state index contributed by atoms with van der Waals surface area (Å²) in [5.41, 5.74) is 0. The van der Waals surface area contributed by atoms with E-state index in [4.69, 9.17) is 14.2 Å². The number of carboxylic acid groups (broad SMARTS) is 1. The highest BCUT2D eigenvalue weighted by atomic mass is 16.5. The molecule has 0 heterocycles. The Hall–Kier alpha value is -2.12. The Balaban J connectivity index is 0.000000622. The van der Waals surface area contributed by atoms with Gasteiger partial charge in [0.05, 0.1) is 44.5 Å². The number of carbonyl (C=O) groups is 4. The van der Waals surface area contributed by atoms with Gasteiger partial charge in [-0.1, -0.05) is 47.0 Å². The van der Waals surface area contributed by atoms with Crippen molar-refractivity contribution in [2.24, 2.45) is 23.7 Å². The molecule has 0 aromatic heterocycles. The second-order valence-corrected chi connectivity index (χ2v) is 9.74. The van der Waals surface area contributed by atoms with Crippen molar-refractivity contribution in [3.05, 3.63) is 0 Å². The van der Waals surface area contributed by atoms with Gasteiger partial charge in [-0.2, -0.15) is 0 Å². The van der Waals surface area contributed by atoms with E-state index in [9.17, 15) is 24.3 Å². The Kier molecular flexibility index (Phi) is 16.3. The van der Waals surface area contributed by atoms with Crippen molar-refractivity contribution < 1.29 is 38.5 Å². The molecular formula is C25H44O8. The first-order chi connectivity index (χ1) is 15.4. The summed E-state index contributed by atoms with van der Waals surface area (Å²) >= 11 is 0. The normalized spacial score (nSPS) is 14.9. The van der Waals surface area contributed by atoms with Gasteiger partial charge in [0.25, 0.3) is 0 Å². The molecule has 0 saturated heterocycles. The third kappa shape index (κ3) is 17.1. The molecule has 0 spiro atoms. The Morgan fingerprint density at radius 1 is 0.758 bits per heavy atom. The molecule has 0 aromatic rings. The third-order valence-electron chi connectivity index (χ3n) is 4.98. The van der Waals surface area contributed by atoms with Crippen molar-refractivity contribution in [3.63, 3.8) is 0 Å². The number of ether oxygens (including phenoxy) is 3. The number of hydrogen-bond donors (Lipinski definition) is 1. The van der Waals surface area contributed by atoms with Gasteiger partial charge in [0.2, 0.25) is 0 Å². The van der Waals surface area contributed by atoms with Crippen LogP contribution in [0.4, 0.5) is 0 Å². The first-order valence-electron chi connectivity index (χ1n) is 12.2. The summed E-state index contributed by atoms with van der Waals surface area (Å²) < 4.78 is 14.9. The van der Waals surface area contributed by atoms with Crippen LogP contribution < -0.4 is 0 Å². The van der Waals surface area contributed by atoms with E-state index in [0.29, 0.717) is 25.0 Å². The minimum atomic E-state index is -0.863. The van der Waals surface area contributed by atoms with E-state index in [2.05, 4.69) is 0 Å². The van der Waals surface area contributed by atoms with Crippen molar-refractivity contribution in [2.75, 3.05) is 13.2 Å². The lowest BCUT2D eigenvalue weighted by Gasteiger charge is -2.27. The molecular weight excluding hydrogens is 428 g/mol. The Morgan fingerprint density at radius 2 is 1.21 bits per heavy atom. The van der Waals surface area contributed by atoms with E-state index in [0.717, 1.165) is 25.7 Å². The minimum Gasteiger partial charge on any atom is -0.481 e. The Morgan fingerprint density at radius 3 is 1.58 bits per heavy atom. The lowest BCUT2D eigenvalue weighted by molar-refractivity contribution is -0.156. The summed E-state index contributed by atoms with van der Waals surface area (Å²) in [7, 11) is 0. The number of rotatable bonds is 12. The summed E-state index contributed by atoms with van der Waals surface area (Å²) in [6.07, 6.45) is 5.22. The largest absolute Gasteiger partial charge is 0.481 e. The van der Waals surface area contributed by atoms with Crippen LogP contribution >= 0.6 is 0 Å². The fourth-order valence-corrected chi connectivity index (χ4v) is 3.35. The van der Waals surface area contributed by atoms with E-state index < -0.39 is 17.9 Å². The van der Waals surface area contributed by atoms with Crippen LogP contribution in [0.25, 0.3) is 0 Å². The molecule has 8 nitrogen and oxygen atoms in total. The monoisotopic (exact) mass is 472 g/mol. The number of aliphatic carboxylic acids is 1. The number of carbonyl (C=O) groups excluding carboxylic acids is 3. The molecule has 1 N–H and O–H groups in total. The highest BCUT2D eigenvalue weighted by molar-refractivity contribution is 5.79. The molecule has 1 unspecified atom stereocenters. The summed E-state index contributed by atoms with van der Waals surface area (Å²) in [6, 6.07) is 0. The summed E-state index contributed by atoms with van der Waals surface area (Å²) in [4.78, 5) is 45.1. The van der Waals surface area contributed by atoms with Crippen LogP contribution in [0.15, 0.2) is 0 Å². The lowest BCUT2D eigenvalue weighted by Crippen LogP contribution is -2.29. The Bertz CT molecular complexity index is 567. The van der Waals surface area contributed by atoms with Crippen LogP contribution in [-0.2, 0) is 33.4 Å². The van der Waals surface area contributed by atoms with Crippen molar-refractivity contribution in [2.45, 2.75) is 99.0 Å². The zero-order chi connectivity index (χ0) is 25.4. The standard InChI is InChI=1S/C13H22O4.C12H22O4/c1-9(2)17-12(14)8-11(13(15)16)10-6-4-3-5-7-10;1-9(2)7-15-11(13)5-6-12(14)16-8-10(3)4/h9-11H,3-8H2,1-2H3,(H,15,16);9-10H,5-8H2,1-4H3. The Labute approximate surface area is 198 Å². The lowest BCUT2D eigenvalue weighted by atomic mass is 9.78. The summed E-state index contributed by atoms with van der Waals surface area (Å²) in [5.74, 6) is -1.72. The number of esters is 3. The van der Waals surface area contributed by atoms with Crippen molar-refractivity contribution in [1.29, 1.82) is 0 Å². The molecule has 1 fully saturated rings. The van der Waals surface area contributed by atoms with Gasteiger partial charge in [0, 0.05) is 0 Å². The fourth-order valence-electron chi connectivity index (χ4n) is 3.35. The van der Waals surface area contributed by atoms with Crippen molar-refractivity contribution in [3.8, 4) is 0 Å². The van der Waals surface area contributed by atoms with Gasteiger partial charge in [-0.15, -0.1) is 0 Å². The molecule has 1 aliphatic carbocycles. The molecule has 0 aliphatic heterocycles.